The van der Waals surface area contributed by atoms with Crippen LogP contribution in [0.3, 0.4) is 0 Å². The van der Waals surface area contributed by atoms with Crippen molar-refractivity contribution >= 4 is 32.9 Å². The molecule has 2 aromatic carbocycles. The number of anilines is 2. The third kappa shape index (κ3) is 4.72. The SMILES string of the molecule is O=[N+]([O-])c1ccc(Nc2ccc(S(=O)(=O)[O-])cc2)c([N+](=O)[O-])c1.[Na+]. The molecule has 0 atom stereocenters. The Kier molecular flexibility index (Phi) is 6.40. The van der Waals surface area contributed by atoms with Crippen molar-refractivity contribution in [1.82, 2.24) is 0 Å². The van der Waals surface area contributed by atoms with Crippen LogP contribution in [0.2, 0.25) is 0 Å². The maximum atomic E-state index is 11.0. The fourth-order valence-electron chi connectivity index (χ4n) is 1.75. The van der Waals surface area contributed by atoms with Crippen LogP contribution in [0, 0.1) is 20.2 Å². The number of nitrogens with one attached hydrogen (secondary N) is 1. The summed E-state index contributed by atoms with van der Waals surface area (Å²) in [7, 11) is -4.59. The van der Waals surface area contributed by atoms with Crippen LogP contribution in [0.25, 0.3) is 0 Å². The van der Waals surface area contributed by atoms with Crippen molar-refractivity contribution in [3.05, 3.63) is 62.7 Å². The molecule has 0 aliphatic rings. The summed E-state index contributed by atoms with van der Waals surface area (Å²) in [5, 5.41) is 24.3. The van der Waals surface area contributed by atoms with Gasteiger partial charge in [-0.25, -0.2) is 8.42 Å². The molecule has 0 saturated carbocycles. The number of rotatable bonds is 5. The number of nitrogens with zero attached hydrogens (tertiary/aromatic N) is 2. The summed E-state index contributed by atoms with van der Waals surface area (Å²) < 4.78 is 32.5. The quantitative estimate of drug-likeness (QED) is 0.312. The number of hydrogen-bond donors (Lipinski definition) is 1. The van der Waals surface area contributed by atoms with Crippen molar-refractivity contribution < 1.29 is 52.4 Å². The second-order valence-electron chi connectivity index (χ2n) is 4.32. The van der Waals surface area contributed by atoms with Gasteiger partial charge in [-0.2, -0.15) is 0 Å². The van der Waals surface area contributed by atoms with Gasteiger partial charge < -0.3 is 9.87 Å². The summed E-state index contributed by atoms with van der Waals surface area (Å²) in [6.45, 7) is 0. The Balaban J connectivity index is 0.00000288. The first kappa shape index (κ1) is 20.0. The maximum Gasteiger partial charge on any atom is 1.00 e. The second kappa shape index (κ2) is 7.68. The zero-order valence-electron chi connectivity index (χ0n) is 12.2. The van der Waals surface area contributed by atoms with Gasteiger partial charge in [0, 0.05) is 11.8 Å². The molecule has 0 aliphatic carbocycles. The first-order chi connectivity index (χ1) is 10.7. The van der Waals surface area contributed by atoms with Gasteiger partial charge >= 0.3 is 29.6 Å². The molecule has 1 N–H and O–H groups in total. The van der Waals surface area contributed by atoms with Crippen LogP contribution in [-0.4, -0.2) is 22.8 Å². The van der Waals surface area contributed by atoms with E-state index in [0.717, 1.165) is 30.3 Å². The van der Waals surface area contributed by atoms with Gasteiger partial charge in [0.2, 0.25) is 0 Å². The fraction of sp³-hybridized carbons (Fsp3) is 0. The molecular formula is C12H8N3NaO7S. The molecule has 0 saturated heterocycles. The average molecular weight is 361 g/mol. The van der Waals surface area contributed by atoms with Gasteiger partial charge in [-0.3, -0.25) is 20.2 Å². The first-order valence-corrected chi connectivity index (χ1v) is 7.35. The smallest absolute Gasteiger partial charge is 0.744 e. The molecule has 0 aromatic heterocycles. The third-order valence-corrected chi connectivity index (χ3v) is 3.66. The molecule has 0 amide bonds. The van der Waals surface area contributed by atoms with Crippen LogP contribution in [0.1, 0.15) is 0 Å². The summed E-state index contributed by atoms with van der Waals surface area (Å²) >= 11 is 0. The Morgan fingerprint density at radius 1 is 0.917 bits per heavy atom. The summed E-state index contributed by atoms with van der Waals surface area (Å²) in [6.07, 6.45) is 0. The Morgan fingerprint density at radius 3 is 1.96 bits per heavy atom. The van der Waals surface area contributed by atoms with Gasteiger partial charge in [0.1, 0.15) is 15.8 Å². The summed E-state index contributed by atoms with van der Waals surface area (Å²) in [5.41, 5.74) is -0.692. The number of nitro groups is 2. The monoisotopic (exact) mass is 361 g/mol. The van der Waals surface area contributed by atoms with Crippen LogP contribution in [-0.2, 0) is 10.1 Å². The minimum absolute atomic E-state index is 0. The van der Waals surface area contributed by atoms with E-state index in [1.807, 2.05) is 0 Å². The molecule has 120 valence electrons. The van der Waals surface area contributed by atoms with E-state index in [-0.39, 0.29) is 40.9 Å². The average Bonchev–Trinajstić information content (AvgIpc) is 2.46. The largest absolute Gasteiger partial charge is 1.00 e. The Morgan fingerprint density at radius 2 is 1.50 bits per heavy atom. The summed E-state index contributed by atoms with van der Waals surface area (Å²) in [4.78, 5) is 19.7. The molecule has 0 radical (unpaired) electrons. The van der Waals surface area contributed by atoms with E-state index in [4.69, 9.17) is 0 Å². The molecule has 24 heavy (non-hydrogen) atoms. The Hall–Kier alpha value is -2.05. The Bertz CT molecular complexity index is 884. The molecular weight excluding hydrogens is 353 g/mol. The predicted molar refractivity (Wildman–Crippen MR) is 77.4 cm³/mol. The Labute approximate surface area is 157 Å². The van der Waals surface area contributed by atoms with Crippen molar-refractivity contribution in [2.45, 2.75) is 4.90 Å². The molecule has 0 aliphatic heterocycles. The molecule has 2 aromatic rings. The third-order valence-electron chi connectivity index (χ3n) is 2.81. The van der Waals surface area contributed by atoms with Crippen LogP contribution >= 0.6 is 0 Å². The van der Waals surface area contributed by atoms with E-state index in [1.54, 1.807) is 0 Å². The molecule has 10 nitrogen and oxygen atoms in total. The van der Waals surface area contributed by atoms with Gasteiger partial charge in [-0.05, 0) is 30.3 Å². The predicted octanol–water partition coefficient (Wildman–Crippen LogP) is -0.845. The van der Waals surface area contributed by atoms with Crippen LogP contribution in [0.15, 0.2) is 47.4 Å². The van der Waals surface area contributed by atoms with E-state index >= 15 is 0 Å². The normalized spacial score (nSPS) is 10.5. The van der Waals surface area contributed by atoms with Crippen molar-refractivity contribution in [3.8, 4) is 0 Å². The molecule has 0 bridgehead atoms. The number of nitro benzene ring substituents is 2. The van der Waals surface area contributed by atoms with Crippen molar-refractivity contribution in [3.63, 3.8) is 0 Å². The van der Waals surface area contributed by atoms with Gasteiger partial charge in [-0.15, -0.1) is 0 Å². The van der Waals surface area contributed by atoms with Crippen molar-refractivity contribution in [2.75, 3.05) is 5.32 Å². The minimum atomic E-state index is -4.59. The topological polar surface area (TPSA) is 156 Å². The van der Waals surface area contributed by atoms with Gasteiger partial charge in [0.15, 0.2) is 0 Å². The molecule has 0 fully saturated rings. The van der Waals surface area contributed by atoms with E-state index in [0.29, 0.717) is 0 Å². The minimum Gasteiger partial charge on any atom is -0.744 e. The van der Waals surface area contributed by atoms with Crippen LogP contribution < -0.4 is 34.9 Å². The van der Waals surface area contributed by atoms with Crippen molar-refractivity contribution in [2.24, 2.45) is 0 Å². The molecule has 0 spiro atoms. The number of hydrogen-bond acceptors (Lipinski definition) is 8. The van der Waals surface area contributed by atoms with Crippen molar-refractivity contribution in [1.29, 1.82) is 0 Å². The standard InChI is InChI=1S/C12H9N3O7S.Na/c16-14(17)9-3-6-11(12(7-9)15(18)19)13-8-1-4-10(5-2-8)23(20,21)22;/h1-7,13H,(H,20,21,22);/q;+1/p-1. The van der Waals surface area contributed by atoms with Gasteiger partial charge in [-0.1, -0.05) is 0 Å². The van der Waals surface area contributed by atoms with Gasteiger partial charge in [0.05, 0.1) is 20.8 Å². The molecule has 2 rings (SSSR count). The summed E-state index contributed by atoms with van der Waals surface area (Å²) in [6, 6.07) is 7.63. The zero-order chi connectivity index (χ0) is 17.2. The number of benzene rings is 2. The number of non-ortho nitro benzene ring substituents is 1. The fourth-order valence-corrected chi connectivity index (χ4v) is 2.22. The summed E-state index contributed by atoms with van der Waals surface area (Å²) in [5.74, 6) is 0. The zero-order valence-corrected chi connectivity index (χ0v) is 15.0. The van der Waals surface area contributed by atoms with E-state index in [2.05, 4.69) is 5.32 Å². The maximum absolute atomic E-state index is 11.0. The van der Waals surface area contributed by atoms with Crippen LogP contribution in [0.5, 0.6) is 0 Å². The molecule has 12 heteroatoms. The first-order valence-electron chi connectivity index (χ1n) is 5.94. The van der Waals surface area contributed by atoms with Gasteiger partial charge in [0.25, 0.3) is 11.4 Å². The van der Waals surface area contributed by atoms with E-state index in [9.17, 15) is 33.2 Å². The molecule has 0 heterocycles. The van der Waals surface area contributed by atoms with E-state index < -0.39 is 36.2 Å². The van der Waals surface area contributed by atoms with Crippen LogP contribution in [0.4, 0.5) is 22.7 Å². The molecule has 0 unspecified atom stereocenters. The van der Waals surface area contributed by atoms with E-state index in [1.165, 1.54) is 12.1 Å². The second-order valence-corrected chi connectivity index (χ2v) is 5.70.